The number of aryl methyl sites for hydroxylation is 1. The predicted octanol–water partition coefficient (Wildman–Crippen LogP) is 6.70. The maximum atomic E-state index is 12.2. The molecule has 0 spiro atoms. The van der Waals surface area contributed by atoms with Gasteiger partial charge in [0.1, 0.15) is 5.01 Å². The van der Waals surface area contributed by atoms with Gasteiger partial charge in [-0.2, -0.15) is 0 Å². The number of nitrogens with one attached hydrogen (secondary N) is 1. The van der Waals surface area contributed by atoms with E-state index in [1.54, 1.807) is 11.3 Å². The van der Waals surface area contributed by atoms with Gasteiger partial charge in [0.25, 0.3) is 0 Å². The number of benzene rings is 3. The molecule has 0 saturated heterocycles. The number of rotatable bonds is 6. The molecule has 0 aliphatic carbocycles. The topological polar surface area (TPSA) is 42.0 Å². The van der Waals surface area contributed by atoms with Crippen LogP contribution in [0.1, 0.15) is 12.0 Å². The molecule has 1 heterocycles. The van der Waals surface area contributed by atoms with E-state index in [0.29, 0.717) is 17.9 Å². The van der Waals surface area contributed by atoms with Gasteiger partial charge in [-0.1, -0.05) is 66.2 Å². The molecular formula is C24H19ClN2OS. The smallest absolute Gasteiger partial charge is 0.224 e. The molecule has 0 aliphatic heterocycles. The van der Waals surface area contributed by atoms with E-state index >= 15 is 0 Å². The van der Waals surface area contributed by atoms with Crippen LogP contribution in [-0.4, -0.2) is 10.9 Å². The summed E-state index contributed by atoms with van der Waals surface area (Å²) in [6.07, 6.45) is 1.11. The minimum atomic E-state index is -0.00674. The second kappa shape index (κ2) is 9.03. The molecule has 4 rings (SSSR count). The zero-order chi connectivity index (χ0) is 20.1. The Balaban J connectivity index is 1.36. The molecule has 0 atom stereocenters. The maximum Gasteiger partial charge on any atom is 0.224 e. The van der Waals surface area contributed by atoms with Crippen molar-refractivity contribution in [3.8, 4) is 21.8 Å². The molecular weight excluding hydrogens is 400 g/mol. The highest BCUT2D eigenvalue weighted by Crippen LogP contribution is 2.29. The summed E-state index contributed by atoms with van der Waals surface area (Å²) < 4.78 is 0. The van der Waals surface area contributed by atoms with E-state index in [0.717, 1.165) is 33.1 Å². The van der Waals surface area contributed by atoms with Crippen molar-refractivity contribution in [2.75, 3.05) is 5.32 Å². The molecule has 3 aromatic carbocycles. The molecule has 0 aliphatic rings. The van der Waals surface area contributed by atoms with Crippen LogP contribution in [0.4, 0.5) is 5.69 Å². The van der Waals surface area contributed by atoms with Crippen molar-refractivity contribution >= 4 is 34.5 Å². The third-order valence-electron chi connectivity index (χ3n) is 4.54. The first-order chi connectivity index (χ1) is 14.2. The third-order valence-corrected chi connectivity index (χ3v) is 5.69. The lowest BCUT2D eigenvalue weighted by atomic mass is 10.1. The van der Waals surface area contributed by atoms with Gasteiger partial charge in [-0.25, -0.2) is 4.98 Å². The number of hydrogen-bond acceptors (Lipinski definition) is 3. The predicted molar refractivity (Wildman–Crippen MR) is 121 cm³/mol. The summed E-state index contributed by atoms with van der Waals surface area (Å²) in [6, 6.07) is 25.5. The Morgan fingerprint density at radius 2 is 1.62 bits per heavy atom. The minimum absolute atomic E-state index is 0.00674. The molecule has 5 heteroatoms. The zero-order valence-corrected chi connectivity index (χ0v) is 17.2. The molecule has 0 unspecified atom stereocenters. The summed E-state index contributed by atoms with van der Waals surface area (Å²) in [4.78, 5) is 17.0. The summed E-state index contributed by atoms with van der Waals surface area (Å²) in [7, 11) is 0. The lowest BCUT2D eigenvalue weighted by molar-refractivity contribution is -0.116. The molecule has 4 aromatic rings. The molecule has 1 aromatic heterocycles. The van der Waals surface area contributed by atoms with E-state index in [1.165, 1.54) is 0 Å². The van der Waals surface area contributed by atoms with Crippen LogP contribution in [0.15, 0.2) is 84.2 Å². The van der Waals surface area contributed by atoms with Crippen LogP contribution in [0.25, 0.3) is 21.8 Å². The molecule has 144 valence electrons. The van der Waals surface area contributed by atoms with Gasteiger partial charge in [0.05, 0.1) is 5.69 Å². The Labute approximate surface area is 179 Å². The van der Waals surface area contributed by atoms with E-state index in [2.05, 4.69) is 22.8 Å². The Kier molecular flexibility index (Phi) is 6.03. The van der Waals surface area contributed by atoms with Gasteiger partial charge in [-0.05, 0) is 36.2 Å². The quantitative estimate of drug-likeness (QED) is 0.378. The number of thiazole rings is 1. The third kappa shape index (κ3) is 5.11. The van der Waals surface area contributed by atoms with Crippen molar-refractivity contribution < 1.29 is 4.79 Å². The van der Waals surface area contributed by atoms with E-state index in [9.17, 15) is 4.79 Å². The zero-order valence-electron chi connectivity index (χ0n) is 15.6. The van der Waals surface area contributed by atoms with Gasteiger partial charge in [0.2, 0.25) is 5.91 Å². The fourth-order valence-electron chi connectivity index (χ4n) is 2.98. The van der Waals surface area contributed by atoms with Crippen LogP contribution in [0.3, 0.4) is 0 Å². The second-order valence-electron chi connectivity index (χ2n) is 6.66. The first-order valence-electron chi connectivity index (χ1n) is 9.33. The fourth-order valence-corrected chi connectivity index (χ4v) is 3.94. The van der Waals surface area contributed by atoms with E-state index in [1.807, 2.05) is 66.7 Å². The van der Waals surface area contributed by atoms with Crippen molar-refractivity contribution in [1.29, 1.82) is 0 Å². The number of aromatic nitrogens is 1. The molecule has 29 heavy (non-hydrogen) atoms. The van der Waals surface area contributed by atoms with Crippen molar-refractivity contribution in [3.05, 3.63) is 94.8 Å². The summed E-state index contributed by atoms with van der Waals surface area (Å²) in [5, 5.41) is 6.71. The number of halogens is 1. The second-order valence-corrected chi connectivity index (χ2v) is 7.95. The molecule has 0 fully saturated rings. The van der Waals surface area contributed by atoms with Crippen LogP contribution in [0, 0.1) is 0 Å². The number of carbonyl (C=O) groups is 1. The normalized spacial score (nSPS) is 10.7. The van der Waals surface area contributed by atoms with Crippen molar-refractivity contribution in [2.24, 2.45) is 0 Å². The van der Waals surface area contributed by atoms with Gasteiger partial charge in [0.15, 0.2) is 0 Å². The summed E-state index contributed by atoms with van der Waals surface area (Å²) in [5.74, 6) is -0.00674. The van der Waals surface area contributed by atoms with Crippen LogP contribution in [0.2, 0.25) is 5.02 Å². The number of hydrogen-bond donors (Lipinski definition) is 1. The van der Waals surface area contributed by atoms with Gasteiger partial charge >= 0.3 is 0 Å². The fraction of sp³-hybridized carbons (Fsp3) is 0.0833. The highest BCUT2D eigenvalue weighted by molar-refractivity contribution is 7.13. The average molecular weight is 419 g/mol. The number of carbonyl (C=O) groups excluding carboxylic acids is 1. The summed E-state index contributed by atoms with van der Waals surface area (Å²) in [5.41, 5.74) is 4.97. The first kappa shape index (κ1) is 19.4. The van der Waals surface area contributed by atoms with Crippen LogP contribution in [-0.2, 0) is 11.2 Å². The lowest BCUT2D eigenvalue weighted by Crippen LogP contribution is -2.12. The Morgan fingerprint density at radius 3 is 2.34 bits per heavy atom. The monoisotopic (exact) mass is 418 g/mol. The van der Waals surface area contributed by atoms with Gasteiger partial charge in [0, 0.05) is 33.6 Å². The van der Waals surface area contributed by atoms with E-state index in [4.69, 9.17) is 16.6 Å². The summed E-state index contributed by atoms with van der Waals surface area (Å²) in [6.45, 7) is 0. The van der Waals surface area contributed by atoms with E-state index < -0.39 is 0 Å². The molecule has 0 bridgehead atoms. The molecule has 0 radical (unpaired) electrons. The Morgan fingerprint density at radius 1 is 0.897 bits per heavy atom. The number of nitrogens with zero attached hydrogens (tertiary/aromatic N) is 1. The van der Waals surface area contributed by atoms with Crippen LogP contribution < -0.4 is 5.32 Å². The molecule has 0 saturated carbocycles. The van der Waals surface area contributed by atoms with Crippen molar-refractivity contribution in [1.82, 2.24) is 4.98 Å². The summed E-state index contributed by atoms with van der Waals surface area (Å²) >= 11 is 7.52. The SMILES string of the molecule is O=C(CCc1ccc(Cl)cc1)Nc1ccc(-c2csc(-c3ccccc3)n2)cc1. The molecule has 1 amide bonds. The van der Waals surface area contributed by atoms with Gasteiger partial charge in [-0.15, -0.1) is 11.3 Å². The van der Waals surface area contributed by atoms with Gasteiger partial charge < -0.3 is 5.32 Å². The molecule has 3 nitrogen and oxygen atoms in total. The van der Waals surface area contributed by atoms with Crippen molar-refractivity contribution in [2.45, 2.75) is 12.8 Å². The lowest BCUT2D eigenvalue weighted by Gasteiger charge is -2.06. The van der Waals surface area contributed by atoms with Gasteiger partial charge in [-0.3, -0.25) is 4.79 Å². The first-order valence-corrected chi connectivity index (χ1v) is 10.6. The van der Waals surface area contributed by atoms with Crippen molar-refractivity contribution in [3.63, 3.8) is 0 Å². The van der Waals surface area contributed by atoms with E-state index in [-0.39, 0.29) is 5.91 Å². The van der Waals surface area contributed by atoms with Crippen LogP contribution >= 0.6 is 22.9 Å². The molecule has 1 N–H and O–H groups in total. The number of amides is 1. The number of anilines is 1. The minimum Gasteiger partial charge on any atom is -0.326 e. The Hall–Kier alpha value is -2.95. The largest absolute Gasteiger partial charge is 0.326 e. The standard InChI is InChI=1S/C24H19ClN2OS/c25-20-11-6-17(7-12-20)8-15-23(28)26-21-13-9-18(10-14-21)22-16-29-24(27-22)19-4-2-1-3-5-19/h1-7,9-14,16H,8,15H2,(H,26,28). The average Bonchev–Trinajstić information content (AvgIpc) is 3.25. The van der Waals surface area contributed by atoms with Crippen LogP contribution in [0.5, 0.6) is 0 Å². The Bertz CT molecular complexity index is 1090. The highest BCUT2D eigenvalue weighted by Gasteiger charge is 2.08. The maximum absolute atomic E-state index is 12.2. The highest BCUT2D eigenvalue weighted by atomic mass is 35.5.